The van der Waals surface area contributed by atoms with Crippen LogP contribution in [-0.2, 0) is 18.0 Å². The Labute approximate surface area is 194 Å². The average molecular weight is 464 g/mol. The Morgan fingerprint density at radius 1 is 1.24 bits per heavy atom. The zero-order valence-corrected chi connectivity index (χ0v) is 18.4. The number of hydrogen-bond acceptors (Lipinski definition) is 5. The van der Waals surface area contributed by atoms with Gasteiger partial charge in [0.25, 0.3) is 5.91 Å². The highest BCUT2D eigenvalue weighted by Gasteiger charge is 2.23. The predicted octanol–water partition coefficient (Wildman–Crippen LogP) is 4.28. The number of benzene rings is 2. The summed E-state index contributed by atoms with van der Waals surface area (Å²) in [6, 6.07) is 11.4. The fourth-order valence-corrected chi connectivity index (χ4v) is 3.92. The molecule has 34 heavy (non-hydrogen) atoms. The molecule has 1 N–H and O–H groups in total. The van der Waals surface area contributed by atoms with E-state index in [-0.39, 0.29) is 24.4 Å². The smallest absolute Gasteiger partial charge is 0.254 e. The number of fused-ring (bicyclic) bond motifs is 1. The van der Waals surface area contributed by atoms with Crippen molar-refractivity contribution in [2.45, 2.75) is 19.3 Å². The van der Waals surface area contributed by atoms with Gasteiger partial charge in [0, 0.05) is 41.9 Å². The molecular weight excluding hydrogens is 442 g/mol. The molecule has 3 heterocycles. The summed E-state index contributed by atoms with van der Waals surface area (Å²) in [5.41, 5.74) is 3.44. The monoisotopic (exact) mass is 464 g/mol. The molecule has 1 saturated heterocycles. The van der Waals surface area contributed by atoms with Crippen LogP contribution in [0, 0.1) is 5.82 Å². The van der Waals surface area contributed by atoms with Gasteiger partial charge in [-0.3, -0.25) is 14.9 Å². The van der Waals surface area contributed by atoms with Crippen LogP contribution in [0.3, 0.4) is 0 Å². The van der Waals surface area contributed by atoms with Gasteiger partial charge in [-0.15, -0.1) is 0 Å². The van der Waals surface area contributed by atoms with Gasteiger partial charge in [-0.25, -0.2) is 8.78 Å². The predicted molar refractivity (Wildman–Crippen MR) is 122 cm³/mol. The second-order valence-electron chi connectivity index (χ2n) is 8.18. The zero-order valence-electron chi connectivity index (χ0n) is 18.4. The lowest BCUT2D eigenvalue weighted by atomic mass is 10.0. The molecule has 5 rings (SSSR count). The third-order valence-electron chi connectivity index (χ3n) is 5.79. The number of rotatable bonds is 7. The quantitative estimate of drug-likeness (QED) is 0.442. The van der Waals surface area contributed by atoms with Crippen molar-refractivity contribution < 1.29 is 23.0 Å². The van der Waals surface area contributed by atoms with E-state index in [1.807, 2.05) is 0 Å². The summed E-state index contributed by atoms with van der Waals surface area (Å²) in [5, 5.41) is 7.45. The summed E-state index contributed by atoms with van der Waals surface area (Å²) in [6.45, 7) is 0.471. The number of nitrogens with one attached hydrogen (secondary N) is 1. The molecule has 9 heteroatoms. The minimum Gasteiger partial charge on any atom is -0.485 e. The molecule has 0 spiro atoms. The largest absolute Gasteiger partial charge is 0.485 e. The van der Waals surface area contributed by atoms with Crippen molar-refractivity contribution in [3.05, 3.63) is 77.5 Å². The maximum atomic E-state index is 13.8. The van der Waals surface area contributed by atoms with Crippen LogP contribution < -0.4 is 4.74 Å². The fraction of sp³-hybridized carbons (Fsp3) is 0.240. The minimum atomic E-state index is -0.697. The molecule has 174 valence electrons. The van der Waals surface area contributed by atoms with E-state index in [0.29, 0.717) is 52.3 Å². The standard InChI is InChI=1S/C25H22F2N4O3/c1-31(12-17-10-28-22(9-26)21-11-29-30-24(17)21)25(32)16-5-6-20(15-3-2-4-18(27)7-15)23(8-16)34-19-13-33-14-19/h2-8,10-11,19H,9,12-14H2,1H3,(H,29,30). The number of aromatic nitrogens is 3. The highest BCUT2D eigenvalue weighted by molar-refractivity contribution is 5.96. The van der Waals surface area contributed by atoms with Gasteiger partial charge in [-0.2, -0.15) is 5.10 Å². The molecule has 2 aromatic carbocycles. The van der Waals surface area contributed by atoms with Crippen LogP contribution in [0.25, 0.3) is 22.0 Å². The Hall–Kier alpha value is -3.85. The van der Waals surface area contributed by atoms with Crippen molar-refractivity contribution in [1.29, 1.82) is 0 Å². The number of aromatic amines is 1. The van der Waals surface area contributed by atoms with Gasteiger partial charge >= 0.3 is 0 Å². The summed E-state index contributed by atoms with van der Waals surface area (Å²) in [5.74, 6) is -0.0985. The van der Waals surface area contributed by atoms with Crippen molar-refractivity contribution in [1.82, 2.24) is 20.1 Å². The Bertz CT molecular complexity index is 1350. The molecule has 0 aliphatic carbocycles. The Morgan fingerprint density at radius 3 is 2.82 bits per heavy atom. The van der Waals surface area contributed by atoms with E-state index in [0.717, 1.165) is 5.56 Å². The molecule has 1 amide bonds. The van der Waals surface area contributed by atoms with Crippen molar-refractivity contribution in [2.75, 3.05) is 20.3 Å². The zero-order chi connectivity index (χ0) is 23.7. The SMILES string of the molecule is CN(Cc1cnc(CF)c2cn[nH]c12)C(=O)c1ccc(-c2cccc(F)c2)c(OC2COC2)c1. The normalized spacial score (nSPS) is 13.6. The summed E-state index contributed by atoms with van der Waals surface area (Å²) in [7, 11) is 1.67. The Morgan fingerprint density at radius 2 is 2.09 bits per heavy atom. The second-order valence-corrected chi connectivity index (χ2v) is 8.18. The van der Waals surface area contributed by atoms with E-state index >= 15 is 0 Å². The van der Waals surface area contributed by atoms with Gasteiger partial charge in [0.05, 0.1) is 30.6 Å². The number of carbonyl (C=O) groups excluding carboxylic acids is 1. The number of halogens is 2. The van der Waals surface area contributed by atoms with Gasteiger partial charge in [0.1, 0.15) is 24.3 Å². The first kappa shape index (κ1) is 22.0. The third kappa shape index (κ3) is 4.22. The number of hydrogen-bond donors (Lipinski definition) is 1. The van der Waals surface area contributed by atoms with E-state index in [2.05, 4.69) is 15.2 Å². The van der Waals surface area contributed by atoms with Crippen LogP contribution in [0.2, 0.25) is 0 Å². The second kappa shape index (κ2) is 9.18. The molecule has 0 atom stereocenters. The Kier molecular flexibility index (Phi) is 5.93. The van der Waals surface area contributed by atoms with E-state index < -0.39 is 6.67 Å². The minimum absolute atomic E-state index is 0.121. The van der Waals surface area contributed by atoms with Gasteiger partial charge in [0.2, 0.25) is 0 Å². The van der Waals surface area contributed by atoms with Crippen molar-refractivity contribution in [3.63, 3.8) is 0 Å². The molecule has 1 aliphatic rings. The summed E-state index contributed by atoms with van der Waals surface area (Å²) < 4.78 is 38.3. The van der Waals surface area contributed by atoms with E-state index in [1.54, 1.807) is 48.5 Å². The first-order valence-corrected chi connectivity index (χ1v) is 10.8. The molecule has 0 bridgehead atoms. The van der Waals surface area contributed by atoms with Crippen molar-refractivity contribution in [2.24, 2.45) is 0 Å². The van der Waals surface area contributed by atoms with Crippen molar-refractivity contribution >= 4 is 16.8 Å². The van der Waals surface area contributed by atoms with Crippen LogP contribution in [0.4, 0.5) is 8.78 Å². The number of H-pyrrole nitrogens is 1. The molecule has 0 unspecified atom stereocenters. The highest BCUT2D eigenvalue weighted by Crippen LogP contribution is 2.33. The molecule has 0 radical (unpaired) electrons. The maximum absolute atomic E-state index is 13.8. The number of nitrogens with zero attached hydrogens (tertiary/aromatic N) is 3. The van der Waals surface area contributed by atoms with Crippen LogP contribution in [-0.4, -0.2) is 52.4 Å². The van der Waals surface area contributed by atoms with Crippen LogP contribution in [0.15, 0.2) is 54.9 Å². The average Bonchev–Trinajstić information content (AvgIpc) is 3.31. The Balaban J connectivity index is 1.43. The lowest BCUT2D eigenvalue weighted by Gasteiger charge is -2.28. The molecule has 2 aromatic heterocycles. The van der Waals surface area contributed by atoms with Gasteiger partial charge < -0.3 is 14.4 Å². The molecule has 1 aliphatic heterocycles. The first-order chi connectivity index (χ1) is 16.5. The summed E-state index contributed by atoms with van der Waals surface area (Å²) in [4.78, 5) is 19.0. The molecule has 7 nitrogen and oxygen atoms in total. The van der Waals surface area contributed by atoms with Crippen LogP contribution in [0.1, 0.15) is 21.6 Å². The number of carbonyl (C=O) groups is 1. The van der Waals surface area contributed by atoms with E-state index in [1.165, 1.54) is 18.3 Å². The van der Waals surface area contributed by atoms with E-state index in [9.17, 15) is 13.6 Å². The fourth-order valence-electron chi connectivity index (χ4n) is 3.92. The molecular formula is C25H22F2N4O3. The number of alkyl halides is 1. The maximum Gasteiger partial charge on any atom is 0.254 e. The highest BCUT2D eigenvalue weighted by atomic mass is 19.1. The molecule has 0 saturated carbocycles. The number of amides is 1. The molecule has 4 aromatic rings. The first-order valence-electron chi connectivity index (χ1n) is 10.8. The summed E-state index contributed by atoms with van der Waals surface area (Å²) >= 11 is 0. The summed E-state index contributed by atoms with van der Waals surface area (Å²) in [6.07, 6.45) is 2.96. The molecule has 1 fully saturated rings. The van der Waals surface area contributed by atoms with E-state index in [4.69, 9.17) is 9.47 Å². The number of pyridine rings is 1. The van der Waals surface area contributed by atoms with Crippen molar-refractivity contribution in [3.8, 4) is 16.9 Å². The van der Waals surface area contributed by atoms with Gasteiger partial charge in [-0.1, -0.05) is 12.1 Å². The number of ether oxygens (including phenoxy) is 2. The lowest BCUT2D eigenvalue weighted by Crippen LogP contribution is -2.38. The third-order valence-corrected chi connectivity index (χ3v) is 5.79. The van der Waals surface area contributed by atoms with Gasteiger partial charge in [-0.05, 0) is 35.9 Å². The van der Waals surface area contributed by atoms with Gasteiger partial charge in [0.15, 0.2) is 0 Å². The topological polar surface area (TPSA) is 80.3 Å². The van der Waals surface area contributed by atoms with Crippen LogP contribution in [0.5, 0.6) is 5.75 Å². The van der Waals surface area contributed by atoms with Crippen LogP contribution >= 0.6 is 0 Å². The lowest BCUT2D eigenvalue weighted by molar-refractivity contribution is -0.0794.